The van der Waals surface area contributed by atoms with Crippen molar-refractivity contribution in [1.82, 2.24) is 9.55 Å². The van der Waals surface area contributed by atoms with E-state index in [2.05, 4.69) is 45.6 Å². The van der Waals surface area contributed by atoms with Crippen LogP contribution < -0.4 is 5.73 Å². The van der Waals surface area contributed by atoms with Crippen molar-refractivity contribution in [1.29, 1.82) is 0 Å². The molecular weight excluding hydrogens is 290 g/mol. The Hall–Kier alpha value is -0.870. The van der Waals surface area contributed by atoms with E-state index in [1.807, 2.05) is 0 Å². The van der Waals surface area contributed by atoms with Gasteiger partial charge in [-0.3, -0.25) is 0 Å². The summed E-state index contributed by atoms with van der Waals surface area (Å²) in [5, 5.41) is 0. The van der Waals surface area contributed by atoms with Crippen LogP contribution in [0.5, 0.6) is 0 Å². The van der Waals surface area contributed by atoms with E-state index in [1.165, 1.54) is 30.6 Å². The smallest absolute Gasteiger partial charge is 0.117 e. The third-order valence-corrected chi connectivity index (χ3v) is 4.70. The van der Waals surface area contributed by atoms with E-state index in [-0.39, 0.29) is 5.41 Å². The number of halogens is 1. The molecule has 96 valence electrons. The lowest BCUT2D eigenvalue weighted by atomic mass is 9.68. The summed E-state index contributed by atoms with van der Waals surface area (Å²) in [5.41, 5.74) is 8.43. The van der Waals surface area contributed by atoms with Crippen molar-refractivity contribution in [3.05, 3.63) is 28.5 Å². The van der Waals surface area contributed by atoms with E-state index >= 15 is 0 Å². The molecule has 0 bridgehead atoms. The minimum Gasteiger partial charge on any atom is -0.329 e. The summed E-state index contributed by atoms with van der Waals surface area (Å²) in [7, 11) is 0. The normalized spacial score (nSPS) is 17.9. The van der Waals surface area contributed by atoms with Gasteiger partial charge in [-0.1, -0.05) is 22.4 Å². The van der Waals surface area contributed by atoms with E-state index in [1.54, 1.807) is 0 Å². The fourth-order valence-corrected chi connectivity index (χ4v) is 3.30. The van der Waals surface area contributed by atoms with E-state index in [0.717, 1.165) is 16.5 Å². The molecule has 1 aromatic heterocycles. The molecule has 0 spiro atoms. The molecule has 18 heavy (non-hydrogen) atoms. The summed E-state index contributed by atoms with van der Waals surface area (Å²) >= 11 is 3.51. The maximum absolute atomic E-state index is 6.01. The van der Waals surface area contributed by atoms with Gasteiger partial charge in [0.05, 0.1) is 11.0 Å². The topological polar surface area (TPSA) is 43.8 Å². The minimum atomic E-state index is 0.126. The molecule has 0 saturated heterocycles. The molecule has 3 nitrogen and oxygen atoms in total. The van der Waals surface area contributed by atoms with Crippen LogP contribution in [0.3, 0.4) is 0 Å². The molecule has 1 aliphatic carbocycles. The molecule has 1 fully saturated rings. The number of benzene rings is 1. The Bertz CT molecular complexity index is 578. The van der Waals surface area contributed by atoms with Crippen molar-refractivity contribution in [3.8, 4) is 0 Å². The lowest BCUT2D eigenvalue weighted by Gasteiger charge is -2.40. The van der Waals surface area contributed by atoms with Gasteiger partial charge in [-0.15, -0.1) is 0 Å². The first-order valence-corrected chi connectivity index (χ1v) is 7.36. The molecule has 0 unspecified atom stereocenters. The van der Waals surface area contributed by atoms with Crippen LogP contribution in [0.15, 0.2) is 22.7 Å². The second-order valence-corrected chi connectivity index (χ2v) is 6.07. The van der Waals surface area contributed by atoms with Crippen LogP contribution in [-0.4, -0.2) is 16.1 Å². The third kappa shape index (κ3) is 1.62. The molecule has 2 N–H and O–H groups in total. The van der Waals surface area contributed by atoms with Crippen molar-refractivity contribution in [2.24, 2.45) is 5.73 Å². The van der Waals surface area contributed by atoms with Crippen LogP contribution in [0.25, 0.3) is 11.0 Å². The summed E-state index contributed by atoms with van der Waals surface area (Å²) in [6, 6.07) is 6.31. The number of fused-ring (bicyclic) bond motifs is 1. The Morgan fingerprint density at radius 2 is 2.22 bits per heavy atom. The first kappa shape index (κ1) is 12.2. The Kier molecular flexibility index (Phi) is 2.94. The van der Waals surface area contributed by atoms with Gasteiger partial charge in [-0.25, -0.2) is 4.98 Å². The second-order valence-electron chi connectivity index (χ2n) is 5.15. The average Bonchev–Trinajstić information content (AvgIpc) is 2.66. The van der Waals surface area contributed by atoms with E-state index in [4.69, 9.17) is 10.7 Å². The van der Waals surface area contributed by atoms with Crippen LogP contribution in [-0.2, 0) is 12.0 Å². The van der Waals surface area contributed by atoms with Crippen molar-refractivity contribution in [2.45, 2.75) is 38.1 Å². The maximum atomic E-state index is 6.01. The van der Waals surface area contributed by atoms with E-state index < -0.39 is 0 Å². The standard InChI is InChI=1S/C14H18BrN3/c1-2-18-12-5-4-10(15)8-11(12)17-13(18)14(9-16)6-3-7-14/h4-5,8H,2-3,6-7,9,16H2,1H3. The van der Waals surface area contributed by atoms with Crippen molar-refractivity contribution >= 4 is 27.0 Å². The molecule has 1 saturated carbocycles. The quantitative estimate of drug-likeness (QED) is 0.946. The monoisotopic (exact) mass is 307 g/mol. The zero-order chi connectivity index (χ0) is 12.8. The molecule has 0 radical (unpaired) electrons. The molecular formula is C14H18BrN3. The molecule has 3 rings (SSSR count). The third-order valence-electron chi connectivity index (χ3n) is 4.20. The highest BCUT2D eigenvalue weighted by atomic mass is 79.9. The fraction of sp³-hybridized carbons (Fsp3) is 0.500. The number of hydrogen-bond acceptors (Lipinski definition) is 2. The molecule has 1 heterocycles. The van der Waals surface area contributed by atoms with Crippen LogP contribution in [0, 0.1) is 0 Å². The first-order valence-electron chi connectivity index (χ1n) is 6.56. The maximum Gasteiger partial charge on any atom is 0.117 e. The summed E-state index contributed by atoms with van der Waals surface area (Å²) < 4.78 is 3.41. The Morgan fingerprint density at radius 1 is 1.44 bits per heavy atom. The van der Waals surface area contributed by atoms with Gasteiger partial charge in [0.2, 0.25) is 0 Å². The zero-order valence-corrected chi connectivity index (χ0v) is 12.2. The van der Waals surface area contributed by atoms with Gasteiger partial charge in [-0.2, -0.15) is 0 Å². The van der Waals surface area contributed by atoms with Gasteiger partial charge in [0.25, 0.3) is 0 Å². The van der Waals surface area contributed by atoms with Gasteiger partial charge in [0, 0.05) is 23.0 Å². The van der Waals surface area contributed by atoms with Crippen molar-refractivity contribution in [3.63, 3.8) is 0 Å². The van der Waals surface area contributed by atoms with Gasteiger partial charge < -0.3 is 10.3 Å². The number of imidazole rings is 1. The van der Waals surface area contributed by atoms with E-state index in [0.29, 0.717) is 6.54 Å². The minimum absolute atomic E-state index is 0.126. The molecule has 1 aromatic carbocycles. The van der Waals surface area contributed by atoms with E-state index in [9.17, 15) is 0 Å². The molecule has 0 amide bonds. The summed E-state index contributed by atoms with van der Waals surface area (Å²) in [6.45, 7) is 3.84. The van der Waals surface area contributed by atoms with Crippen LogP contribution in [0.2, 0.25) is 0 Å². The lowest BCUT2D eigenvalue weighted by Crippen LogP contribution is -2.43. The Balaban J connectivity index is 2.22. The van der Waals surface area contributed by atoms with Crippen molar-refractivity contribution in [2.75, 3.05) is 6.54 Å². The highest BCUT2D eigenvalue weighted by molar-refractivity contribution is 9.10. The largest absolute Gasteiger partial charge is 0.329 e. The van der Waals surface area contributed by atoms with Crippen LogP contribution in [0.1, 0.15) is 32.0 Å². The zero-order valence-electron chi connectivity index (χ0n) is 10.6. The predicted octanol–water partition coefficient (Wildman–Crippen LogP) is 3.20. The number of rotatable bonds is 3. The number of hydrogen-bond donors (Lipinski definition) is 1. The highest BCUT2D eigenvalue weighted by Gasteiger charge is 2.41. The van der Waals surface area contributed by atoms with Gasteiger partial charge in [-0.05, 0) is 38.0 Å². The summed E-state index contributed by atoms with van der Waals surface area (Å²) in [4.78, 5) is 4.86. The second kappa shape index (κ2) is 4.35. The molecule has 0 atom stereocenters. The number of aromatic nitrogens is 2. The Labute approximate surface area is 116 Å². The van der Waals surface area contributed by atoms with Crippen LogP contribution >= 0.6 is 15.9 Å². The first-order chi connectivity index (χ1) is 8.70. The molecule has 0 aliphatic heterocycles. The highest BCUT2D eigenvalue weighted by Crippen LogP contribution is 2.43. The molecule has 1 aliphatic rings. The van der Waals surface area contributed by atoms with Gasteiger partial charge in [0.1, 0.15) is 5.82 Å². The molecule has 4 heteroatoms. The van der Waals surface area contributed by atoms with Crippen LogP contribution in [0.4, 0.5) is 0 Å². The fourth-order valence-electron chi connectivity index (χ4n) is 2.95. The lowest BCUT2D eigenvalue weighted by molar-refractivity contribution is 0.231. The number of aryl methyl sites for hydroxylation is 1. The number of nitrogens with zero attached hydrogens (tertiary/aromatic N) is 2. The predicted molar refractivity (Wildman–Crippen MR) is 77.7 cm³/mol. The summed E-state index contributed by atoms with van der Waals surface area (Å²) in [5.74, 6) is 1.19. The Morgan fingerprint density at radius 3 is 2.78 bits per heavy atom. The molecule has 2 aromatic rings. The average molecular weight is 308 g/mol. The van der Waals surface area contributed by atoms with Gasteiger partial charge >= 0.3 is 0 Å². The SMILES string of the molecule is CCn1c(C2(CN)CCC2)nc2cc(Br)ccc21. The summed E-state index contributed by atoms with van der Waals surface area (Å²) in [6.07, 6.45) is 3.62. The number of nitrogens with two attached hydrogens (primary N) is 1. The van der Waals surface area contributed by atoms with Crippen molar-refractivity contribution < 1.29 is 0 Å². The van der Waals surface area contributed by atoms with Gasteiger partial charge in [0.15, 0.2) is 0 Å².